The molecule has 0 aliphatic rings. The highest BCUT2D eigenvalue weighted by Gasteiger charge is 2.14. The molecule has 0 radical (unpaired) electrons. The van der Waals surface area contributed by atoms with Gasteiger partial charge >= 0.3 is 0 Å². The Hall–Kier alpha value is -2.83. The molecule has 0 aliphatic carbocycles. The number of benzene rings is 2. The van der Waals surface area contributed by atoms with E-state index in [0.29, 0.717) is 6.07 Å². The van der Waals surface area contributed by atoms with Crippen LogP contribution in [-0.4, -0.2) is 10.7 Å². The molecule has 0 atom stereocenters. The van der Waals surface area contributed by atoms with Gasteiger partial charge in [-0.15, -0.1) is 0 Å². The third kappa shape index (κ3) is 3.19. The van der Waals surface area contributed by atoms with Gasteiger partial charge in [0, 0.05) is 11.6 Å². The Balaban J connectivity index is 2.30. The summed E-state index contributed by atoms with van der Waals surface area (Å²) >= 11 is 0. The number of non-ortho nitro benzene ring substituents is 1. The first-order chi connectivity index (χ1) is 9.88. The van der Waals surface area contributed by atoms with Gasteiger partial charge in [-0.25, -0.2) is 8.78 Å². The van der Waals surface area contributed by atoms with Crippen molar-refractivity contribution in [1.29, 1.82) is 0 Å². The predicted octanol–water partition coefficient (Wildman–Crippen LogP) is 3.87. The molecule has 0 fully saturated rings. The number of hydrogen-bond donors (Lipinski definition) is 0. The molecular weight excluding hydrogens is 284 g/mol. The molecule has 7 heteroatoms. The molecule has 0 amide bonds. The average Bonchev–Trinajstić information content (AvgIpc) is 2.42. The van der Waals surface area contributed by atoms with E-state index in [4.69, 9.17) is 4.74 Å². The van der Waals surface area contributed by atoms with Crippen LogP contribution in [0.1, 0.15) is 17.3 Å². The van der Waals surface area contributed by atoms with Gasteiger partial charge < -0.3 is 4.74 Å². The van der Waals surface area contributed by atoms with Crippen molar-refractivity contribution in [3.8, 4) is 11.5 Å². The molecule has 0 aromatic heterocycles. The summed E-state index contributed by atoms with van der Waals surface area (Å²) in [5.41, 5.74) is -0.281. The highest BCUT2D eigenvalue weighted by atomic mass is 19.1. The summed E-state index contributed by atoms with van der Waals surface area (Å²) < 4.78 is 32.4. The van der Waals surface area contributed by atoms with E-state index in [1.54, 1.807) is 0 Å². The van der Waals surface area contributed by atoms with Crippen LogP contribution in [0, 0.1) is 21.7 Å². The van der Waals surface area contributed by atoms with Crippen LogP contribution in [0.2, 0.25) is 0 Å². The molecule has 2 aromatic carbocycles. The highest BCUT2D eigenvalue weighted by Crippen LogP contribution is 2.29. The molecule has 2 aromatic rings. The molecule has 0 saturated heterocycles. The minimum Gasteiger partial charge on any atom is -0.451 e. The van der Waals surface area contributed by atoms with E-state index < -0.39 is 22.2 Å². The first kappa shape index (κ1) is 14.6. The lowest BCUT2D eigenvalue weighted by Crippen LogP contribution is -1.97. The maximum atomic E-state index is 13.7. The van der Waals surface area contributed by atoms with E-state index in [1.807, 2.05) is 0 Å². The van der Waals surface area contributed by atoms with E-state index in [2.05, 4.69) is 0 Å². The number of carbonyl (C=O) groups excluding carboxylic acids is 1. The standard InChI is InChI=1S/C14H9F2NO4/c1-8(18)9-2-4-13(11(15)6-9)21-14-5-3-10(17(19)20)7-12(14)16/h2-7H,1H3. The fourth-order valence-corrected chi connectivity index (χ4v) is 1.61. The molecule has 5 nitrogen and oxygen atoms in total. The quantitative estimate of drug-likeness (QED) is 0.487. The first-order valence-electron chi connectivity index (χ1n) is 5.81. The van der Waals surface area contributed by atoms with Gasteiger partial charge in [0.2, 0.25) is 0 Å². The smallest absolute Gasteiger partial charge is 0.272 e. The van der Waals surface area contributed by atoms with Gasteiger partial charge in [0.15, 0.2) is 28.9 Å². The summed E-state index contributed by atoms with van der Waals surface area (Å²) in [6.07, 6.45) is 0. The molecule has 0 saturated carbocycles. The normalized spacial score (nSPS) is 10.2. The third-order valence-electron chi connectivity index (χ3n) is 2.68. The van der Waals surface area contributed by atoms with E-state index in [9.17, 15) is 23.7 Å². The summed E-state index contributed by atoms with van der Waals surface area (Å²) in [5, 5.41) is 10.5. The number of rotatable bonds is 4. The molecular formula is C14H9F2NO4. The Morgan fingerprint density at radius 3 is 2.14 bits per heavy atom. The number of halogens is 2. The summed E-state index contributed by atoms with van der Waals surface area (Å²) in [4.78, 5) is 20.8. The topological polar surface area (TPSA) is 69.4 Å². The maximum absolute atomic E-state index is 13.7. The largest absolute Gasteiger partial charge is 0.451 e. The molecule has 21 heavy (non-hydrogen) atoms. The third-order valence-corrected chi connectivity index (χ3v) is 2.68. The fourth-order valence-electron chi connectivity index (χ4n) is 1.61. The molecule has 0 aliphatic heterocycles. The second-order valence-corrected chi connectivity index (χ2v) is 4.18. The lowest BCUT2D eigenvalue weighted by molar-refractivity contribution is -0.385. The van der Waals surface area contributed by atoms with E-state index >= 15 is 0 Å². The van der Waals surface area contributed by atoms with E-state index in [1.165, 1.54) is 19.1 Å². The molecule has 0 heterocycles. The zero-order chi connectivity index (χ0) is 15.6. The minimum absolute atomic E-state index is 0.157. The maximum Gasteiger partial charge on any atom is 0.272 e. The number of carbonyl (C=O) groups is 1. The van der Waals surface area contributed by atoms with Crippen molar-refractivity contribution >= 4 is 11.5 Å². The number of ketones is 1. The van der Waals surface area contributed by atoms with E-state index in [-0.39, 0.29) is 22.8 Å². The van der Waals surface area contributed by atoms with Crippen molar-refractivity contribution in [2.24, 2.45) is 0 Å². The lowest BCUT2D eigenvalue weighted by atomic mass is 10.1. The van der Waals surface area contributed by atoms with Crippen LogP contribution in [0.25, 0.3) is 0 Å². The van der Waals surface area contributed by atoms with Crippen LogP contribution in [0.15, 0.2) is 36.4 Å². The van der Waals surface area contributed by atoms with Crippen LogP contribution in [-0.2, 0) is 0 Å². The average molecular weight is 293 g/mol. The Labute approximate surface area is 117 Å². The SMILES string of the molecule is CC(=O)c1ccc(Oc2ccc([N+](=O)[O-])cc2F)c(F)c1. The van der Waals surface area contributed by atoms with Crippen LogP contribution in [0.4, 0.5) is 14.5 Å². The summed E-state index contributed by atoms with van der Waals surface area (Å²) in [6, 6.07) is 6.25. The zero-order valence-corrected chi connectivity index (χ0v) is 10.8. The highest BCUT2D eigenvalue weighted by molar-refractivity contribution is 5.94. The van der Waals surface area contributed by atoms with E-state index in [0.717, 1.165) is 18.2 Å². The van der Waals surface area contributed by atoms with Crippen molar-refractivity contribution in [2.75, 3.05) is 0 Å². The lowest BCUT2D eigenvalue weighted by Gasteiger charge is -2.08. The van der Waals surface area contributed by atoms with Crippen molar-refractivity contribution in [3.05, 3.63) is 63.7 Å². The molecule has 2 rings (SSSR count). The summed E-state index contributed by atoms with van der Waals surface area (Å²) in [7, 11) is 0. The molecule has 0 spiro atoms. The second kappa shape index (κ2) is 5.66. The number of ether oxygens (including phenoxy) is 1. The van der Waals surface area contributed by atoms with Gasteiger partial charge in [-0.05, 0) is 31.2 Å². The molecule has 0 unspecified atom stereocenters. The Morgan fingerprint density at radius 1 is 1.10 bits per heavy atom. The Kier molecular flexibility index (Phi) is 3.93. The fraction of sp³-hybridized carbons (Fsp3) is 0.0714. The van der Waals surface area contributed by atoms with Crippen LogP contribution in [0.5, 0.6) is 11.5 Å². The van der Waals surface area contributed by atoms with Gasteiger partial charge in [-0.3, -0.25) is 14.9 Å². The molecule has 0 N–H and O–H groups in total. The first-order valence-corrected chi connectivity index (χ1v) is 5.81. The monoisotopic (exact) mass is 293 g/mol. The summed E-state index contributed by atoms with van der Waals surface area (Å²) in [6.45, 7) is 1.28. The number of Topliss-reactive ketones (excluding diaryl/α,β-unsaturated/α-hetero) is 1. The number of nitro groups is 1. The van der Waals surface area contributed by atoms with Gasteiger partial charge in [-0.1, -0.05) is 0 Å². The van der Waals surface area contributed by atoms with Gasteiger partial charge in [0.25, 0.3) is 5.69 Å². The van der Waals surface area contributed by atoms with Gasteiger partial charge in [-0.2, -0.15) is 0 Å². The van der Waals surface area contributed by atoms with Gasteiger partial charge in [0.05, 0.1) is 11.0 Å². The second-order valence-electron chi connectivity index (χ2n) is 4.18. The number of nitro benzene ring substituents is 1. The van der Waals surface area contributed by atoms with Crippen molar-refractivity contribution in [2.45, 2.75) is 6.92 Å². The number of hydrogen-bond acceptors (Lipinski definition) is 4. The predicted molar refractivity (Wildman–Crippen MR) is 69.5 cm³/mol. The Bertz CT molecular complexity index is 669. The van der Waals surface area contributed by atoms with Crippen molar-refractivity contribution < 1.29 is 23.2 Å². The molecule has 0 bridgehead atoms. The number of nitrogens with zero attached hydrogens (tertiary/aromatic N) is 1. The van der Waals surface area contributed by atoms with Crippen molar-refractivity contribution in [1.82, 2.24) is 0 Å². The Morgan fingerprint density at radius 2 is 1.67 bits per heavy atom. The zero-order valence-electron chi connectivity index (χ0n) is 10.8. The van der Waals surface area contributed by atoms with Crippen LogP contribution >= 0.6 is 0 Å². The summed E-state index contributed by atoms with van der Waals surface area (Å²) in [5.74, 6) is -2.77. The van der Waals surface area contributed by atoms with Crippen LogP contribution < -0.4 is 4.74 Å². The van der Waals surface area contributed by atoms with Crippen LogP contribution in [0.3, 0.4) is 0 Å². The van der Waals surface area contributed by atoms with Crippen molar-refractivity contribution in [3.63, 3.8) is 0 Å². The minimum atomic E-state index is -0.987. The van der Waals surface area contributed by atoms with Gasteiger partial charge in [0.1, 0.15) is 0 Å². The molecule has 108 valence electrons.